The van der Waals surface area contributed by atoms with E-state index in [0.29, 0.717) is 5.92 Å². The van der Waals surface area contributed by atoms with Gasteiger partial charge in [-0.25, -0.2) is 8.42 Å². The molecule has 1 fully saturated rings. The number of carboxylic acid groups (broad SMARTS) is 1. The summed E-state index contributed by atoms with van der Waals surface area (Å²) in [6, 6.07) is 16.1. The first kappa shape index (κ1) is 22.3. The predicted octanol–water partition coefficient (Wildman–Crippen LogP) is 3.85. The first-order valence-corrected chi connectivity index (χ1v) is 11.9. The molecule has 3 rings (SSSR count). The van der Waals surface area contributed by atoms with Crippen molar-refractivity contribution in [1.82, 2.24) is 4.72 Å². The van der Waals surface area contributed by atoms with Crippen LogP contribution in [0.5, 0.6) is 0 Å². The Labute approximate surface area is 179 Å². The van der Waals surface area contributed by atoms with E-state index in [-0.39, 0.29) is 17.2 Å². The van der Waals surface area contributed by atoms with E-state index in [1.165, 1.54) is 5.56 Å². The van der Waals surface area contributed by atoms with Crippen LogP contribution >= 0.6 is 0 Å². The van der Waals surface area contributed by atoms with Gasteiger partial charge in [-0.1, -0.05) is 44.2 Å². The smallest absolute Gasteiger partial charge is 0.321 e. The molecule has 0 aliphatic carbocycles. The summed E-state index contributed by atoms with van der Waals surface area (Å²) in [5, 5.41) is 9.32. The second-order valence-corrected chi connectivity index (χ2v) is 10.0. The fraction of sp³-hybridized carbons (Fsp3) is 0.435. The molecule has 0 radical (unpaired) electrons. The Bertz CT molecular complexity index is 935. The van der Waals surface area contributed by atoms with Crippen LogP contribution in [-0.4, -0.2) is 38.6 Å². The number of hydrogen-bond acceptors (Lipinski definition) is 4. The molecule has 0 unspecified atom stereocenters. The third-order valence-electron chi connectivity index (χ3n) is 5.58. The van der Waals surface area contributed by atoms with Crippen molar-refractivity contribution in [2.45, 2.75) is 50.0 Å². The van der Waals surface area contributed by atoms with Gasteiger partial charge >= 0.3 is 5.97 Å². The summed E-state index contributed by atoms with van der Waals surface area (Å²) in [5.74, 6) is -0.541. The summed E-state index contributed by atoms with van der Waals surface area (Å²) in [6.07, 6.45) is 2.35. The molecule has 2 aromatic carbocycles. The summed E-state index contributed by atoms with van der Waals surface area (Å²) in [5.41, 5.74) is 2.36. The van der Waals surface area contributed by atoms with E-state index in [1.54, 1.807) is 24.3 Å². The summed E-state index contributed by atoms with van der Waals surface area (Å²) in [4.78, 5) is 13.7. The molecule has 1 atom stereocenters. The molecular weight excluding hydrogens is 400 g/mol. The molecule has 0 bridgehead atoms. The summed E-state index contributed by atoms with van der Waals surface area (Å²) in [6.45, 7) is 5.55. The molecule has 1 aliphatic heterocycles. The molecule has 0 aromatic heterocycles. The number of carboxylic acids is 1. The Morgan fingerprint density at radius 1 is 1.07 bits per heavy atom. The highest BCUT2D eigenvalue weighted by Gasteiger charge is 2.26. The lowest BCUT2D eigenvalue weighted by Gasteiger charge is -2.34. The van der Waals surface area contributed by atoms with Gasteiger partial charge in [-0.05, 0) is 60.9 Å². The molecule has 1 aliphatic rings. The Balaban J connectivity index is 1.64. The molecule has 162 valence electrons. The summed E-state index contributed by atoms with van der Waals surface area (Å²) >= 11 is 0. The van der Waals surface area contributed by atoms with Crippen molar-refractivity contribution in [2.24, 2.45) is 5.92 Å². The van der Waals surface area contributed by atoms with E-state index >= 15 is 0 Å². The first-order chi connectivity index (χ1) is 14.3. The standard InChI is InChI=1S/C23H30N2O4S/c1-17(2)16-22(23(26)27)24-30(28,29)21-10-8-20(9-11-21)25-14-12-19(13-15-25)18-6-4-3-5-7-18/h3-11,17,19,22,24H,12-16H2,1-2H3,(H,26,27)/t22-/m1/s1. The third-order valence-corrected chi connectivity index (χ3v) is 7.07. The number of hydrogen-bond donors (Lipinski definition) is 2. The van der Waals surface area contributed by atoms with Gasteiger partial charge in [0, 0.05) is 18.8 Å². The number of benzene rings is 2. The minimum atomic E-state index is -3.89. The average Bonchev–Trinajstić information content (AvgIpc) is 2.73. The Kier molecular flexibility index (Phi) is 7.15. The third kappa shape index (κ3) is 5.61. The number of nitrogens with one attached hydrogen (secondary N) is 1. The van der Waals surface area contributed by atoms with Crippen LogP contribution in [0.15, 0.2) is 59.5 Å². The summed E-state index contributed by atoms with van der Waals surface area (Å²) < 4.78 is 27.6. The number of rotatable bonds is 8. The van der Waals surface area contributed by atoms with Crippen molar-refractivity contribution >= 4 is 21.7 Å². The highest BCUT2D eigenvalue weighted by atomic mass is 32.2. The molecule has 6 nitrogen and oxygen atoms in total. The zero-order valence-corrected chi connectivity index (χ0v) is 18.3. The molecule has 1 heterocycles. The molecule has 0 saturated carbocycles. The normalized spacial score (nSPS) is 16.6. The molecule has 0 amide bonds. The van der Waals surface area contributed by atoms with Crippen LogP contribution < -0.4 is 9.62 Å². The maximum atomic E-state index is 12.6. The molecular formula is C23H30N2O4S. The number of nitrogens with zero attached hydrogens (tertiary/aromatic N) is 1. The van der Waals surface area contributed by atoms with Gasteiger partial charge in [0.05, 0.1) is 4.90 Å². The number of aliphatic carboxylic acids is 1. The quantitative estimate of drug-likeness (QED) is 0.664. The van der Waals surface area contributed by atoms with Gasteiger partial charge in [-0.3, -0.25) is 4.79 Å². The Morgan fingerprint density at radius 3 is 2.20 bits per heavy atom. The number of sulfonamides is 1. The van der Waals surface area contributed by atoms with Gasteiger partial charge in [-0.15, -0.1) is 0 Å². The van der Waals surface area contributed by atoms with Crippen LogP contribution in [0, 0.1) is 5.92 Å². The van der Waals surface area contributed by atoms with Gasteiger partial charge in [0.15, 0.2) is 0 Å². The highest BCUT2D eigenvalue weighted by Crippen LogP contribution is 2.30. The average molecular weight is 431 g/mol. The minimum Gasteiger partial charge on any atom is -0.480 e. The van der Waals surface area contributed by atoms with Gasteiger partial charge in [0.1, 0.15) is 6.04 Å². The largest absolute Gasteiger partial charge is 0.480 e. The first-order valence-electron chi connectivity index (χ1n) is 10.4. The number of piperidine rings is 1. The van der Waals surface area contributed by atoms with Crippen LogP contribution in [0.3, 0.4) is 0 Å². The van der Waals surface area contributed by atoms with Crippen molar-refractivity contribution in [1.29, 1.82) is 0 Å². The van der Waals surface area contributed by atoms with Crippen LogP contribution in [0.1, 0.15) is 44.6 Å². The van der Waals surface area contributed by atoms with Crippen molar-refractivity contribution in [2.75, 3.05) is 18.0 Å². The lowest BCUT2D eigenvalue weighted by molar-refractivity contribution is -0.139. The SMILES string of the molecule is CC(C)C[C@@H](NS(=O)(=O)c1ccc(N2CCC(c3ccccc3)CC2)cc1)C(=O)O. The predicted molar refractivity (Wildman–Crippen MR) is 118 cm³/mol. The molecule has 7 heteroatoms. The highest BCUT2D eigenvalue weighted by molar-refractivity contribution is 7.89. The van der Waals surface area contributed by atoms with Crippen molar-refractivity contribution in [3.05, 3.63) is 60.2 Å². The van der Waals surface area contributed by atoms with E-state index in [2.05, 4.69) is 33.9 Å². The Hall–Kier alpha value is -2.38. The Morgan fingerprint density at radius 2 is 1.67 bits per heavy atom. The van der Waals surface area contributed by atoms with Crippen LogP contribution in [0.25, 0.3) is 0 Å². The van der Waals surface area contributed by atoms with E-state index in [4.69, 9.17) is 0 Å². The van der Waals surface area contributed by atoms with Gasteiger partial charge < -0.3 is 10.0 Å². The maximum Gasteiger partial charge on any atom is 0.321 e. The maximum absolute atomic E-state index is 12.6. The topological polar surface area (TPSA) is 86.7 Å². The zero-order chi connectivity index (χ0) is 21.7. The number of anilines is 1. The monoisotopic (exact) mass is 430 g/mol. The van der Waals surface area contributed by atoms with Gasteiger partial charge in [0.25, 0.3) is 0 Å². The minimum absolute atomic E-state index is 0.0648. The van der Waals surface area contributed by atoms with E-state index in [9.17, 15) is 18.3 Å². The van der Waals surface area contributed by atoms with Crippen LogP contribution in [0.4, 0.5) is 5.69 Å². The van der Waals surface area contributed by atoms with Crippen LogP contribution in [-0.2, 0) is 14.8 Å². The van der Waals surface area contributed by atoms with E-state index in [0.717, 1.165) is 31.6 Å². The van der Waals surface area contributed by atoms with Gasteiger partial charge in [0.2, 0.25) is 10.0 Å². The van der Waals surface area contributed by atoms with Crippen molar-refractivity contribution < 1.29 is 18.3 Å². The fourth-order valence-corrected chi connectivity index (χ4v) is 5.16. The lowest BCUT2D eigenvalue weighted by Crippen LogP contribution is -2.41. The molecule has 0 spiro atoms. The summed E-state index contributed by atoms with van der Waals surface area (Å²) in [7, 11) is -3.89. The zero-order valence-electron chi connectivity index (χ0n) is 17.5. The second kappa shape index (κ2) is 9.62. The van der Waals surface area contributed by atoms with E-state index in [1.807, 2.05) is 19.9 Å². The second-order valence-electron chi connectivity index (χ2n) is 8.31. The van der Waals surface area contributed by atoms with Crippen molar-refractivity contribution in [3.63, 3.8) is 0 Å². The molecule has 1 saturated heterocycles. The fourth-order valence-electron chi connectivity index (χ4n) is 3.96. The molecule has 30 heavy (non-hydrogen) atoms. The van der Waals surface area contributed by atoms with Crippen molar-refractivity contribution in [3.8, 4) is 0 Å². The van der Waals surface area contributed by atoms with Gasteiger partial charge in [-0.2, -0.15) is 4.72 Å². The number of carbonyl (C=O) groups is 1. The van der Waals surface area contributed by atoms with E-state index < -0.39 is 22.0 Å². The lowest BCUT2D eigenvalue weighted by atomic mass is 9.89. The molecule has 2 N–H and O–H groups in total. The van der Waals surface area contributed by atoms with Crippen LogP contribution in [0.2, 0.25) is 0 Å². The molecule has 2 aromatic rings.